The lowest BCUT2D eigenvalue weighted by atomic mass is 10.1. The van der Waals surface area contributed by atoms with Gasteiger partial charge in [0, 0.05) is 17.4 Å². The molecule has 0 aliphatic carbocycles. The van der Waals surface area contributed by atoms with E-state index in [9.17, 15) is 8.42 Å². The summed E-state index contributed by atoms with van der Waals surface area (Å²) in [5.74, 6) is 0.982. The van der Waals surface area contributed by atoms with Crippen molar-refractivity contribution in [3.8, 4) is 5.75 Å². The number of rotatable bonds is 9. The Balaban J connectivity index is 2.66. The lowest BCUT2D eigenvalue weighted by molar-refractivity contribution is 0.333. The second-order valence-electron chi connectivity index (χ2n) is 4.80. The van der Waals surface area contributed by atoms with Crippen molar-refractivity contribution < 1.29 is 13.2 Å². The highest BCUT2D eigenvalue weighted by Crippen LogP contribution is 2.24. The highest BCUT2D eigenvalue weighted by atomic mass is 32.2. The van der Waals surface area contributed by atoms with Gasteiger partial charge in [0.25, 0.3) is 0 Å². The summed E-state index contributed by atoms with van der Waals surface area (Å²) in [4.78, 5) is 0. The highest BCUT2D eigenvalue weighted by molar-refractivity contribution is 7.91. The van der Waals surface area contributed by atoms with Gasteiger partial charge in [-0.1, -0.05) is 32.0 Å². The summed E-state index contributed by atoms with van der Waals surface area (Å²) >= 11 is 0. The van der Waals surface area contributed by atoms with E-state index < -0.39 is 9.84 Å². The second kappa shape index (κ2) is 8.27. The fraction of sp³-hybridized carbons (Fsp3) is 0.600. The molecule has 0 aliphatic rings. The standard InChI is InChI=1S/C15H25NO3S/c1-4-10-16-13(3)14-8-6-7-9-15(14)19-11-12-20(17,18)5-2/h6-9,13,16H,4-5,10-12H2,1-3H3. The minimum Gasteiger partial charge on any atom is -0.492 e. The molecule has 0 saturated heterocycles. The first-order chi connectivity index (χ1) is 9.50. The summed E-state index contributed by atoms with van der Waals surface area (Å²) in [6.07, 6.45) is 1.07. The van der Waals surface area contributed by atoms with Crippen molar-refractivity contribution in [2.75, 3.05) is 24.7 Å². The van der Waals surface area contributed by atoms with Gasteiger partial charge in [-0.05, 0) is 26.0 Å². The Kier molecular flexibility index (Phi) is 7.02. The van der Waals surface area contributed by atoms with Crippen LogP contribution in [-0.4, -0.2) is 33.1 Å². The van der Waals surface area contributed by atoms with Crippen LogP contribution < -0.4 is 10.1 Å². The summed E-state index contributed by atoms with van der Waals surface area (Å²) in [7, 11) is -2.98. The lowest BCUT2D eigenvalue weighted by Crippen LogP contribution is -2.21. The summed E-state index contributed by atoms with van der Waals surface area (Å²) in [5.41, 5.74) is 1.06. The molecule has 0 aromatic heterocycles. The van der Waals surface area contributed by atoms with Crippen molar-refractivity contribution in [1.29, 1.82) is 0 Å². The molecule has 0 amide bonds. The van der Waals surface area contributed by atoms with Gasteiger partial charge in [0.05, 0.1) is 5.75 Å². The Morgan fingerprint density at radius 3 is 2.60 bits per heavy atom. The van der Waals surface area contributed by atoms with Crippen molar-refractivity contribution >= 4 is 9.84 Å². The fourth-order valence-corrected chi connectivity index (χ4v) is 2.49. The van der Waals surface area contributed by atoms with Crippen LogP contribution in [0.25, 0.3) is 0 Å². The first kappa shape index (κ1) is 17.0. The number of ether oxygens (including phenoxy) is 1. The molecule has 0 fully saturated rings. The van der Waals surface area contributed by atoms with E-state index >= 15 is 0 Å². The molecular weight excluding hydrogens is 274 g/mol. The maximum absolute atomic E-state index is 11.5. The number of hydrogen-bond acceptors (Lipinski definition) is 4. The van der Waals surface area contributed by atoms with Crippen molar-refractivity contribution in [3.63, 3.8) is 0 Å². The summed E-state index contributed by atoms with van der Waals surface area (Å²) in [6, 6.07) is 7.96. The van der Waals surface area contributed by atoms with Crippen LogP contribution in [-0.2, 0) is 9.84 Å². The minimum atomic E-state index is -2.98. The molecule has 1 unspecified atom stereocenters. The van der Waals surface area contributed by atoms with Gasteiger partial charge in [-0.15, -0.1) is 0 Å². The third kappa shape index (κ3) is 5.51. The summed E-state index contributed by atoms with van der Waals surface area (Å²) in [5, 5.41) is 3.41. The van der Waals surface area contributed by atoms with Crippen LogP contribution in [0.15, 0.2) is 24.3 Å². The SMILES string of the molecule is CCCNC(C)c1ccccc1OCCS(=O)(=O)CC. The van der Waals surface area contributed by atoms with Crippen molar-refractivity contribution in [2.24, 2.45) is 0 Å². The Morgan fingerprint density at radius 1 is 1.25 bits per heavy atom. The van der Waals surface area contributed by atoms with Crippen molar-refractivity contribution in [1.82, 2.24) is 5.32 Å². The molecule has 5 heteroatoms. The molecule has 1 rings (SSSR count). The molecule has 0 saturated carbocycles. The molecule has 20 heavy (non-hydrogen) atoms. The topological polar surface area (TPSA) is 55.4 Å². The molecule has 0 aliphatic heterocycles. The van der Waals surface area contributed by atoms with Gasteiger partial charge in [-0.3, -0.25) is 0 Å². The van der Waals surface area contributed by atoms with Gasteiger partial charge < -0.3 is 10.1 Å². The number of para-hydroxylation sites is 1. The van der Waals surface area contributed by atoms with Crippen LogP contribution >= 0.6 is 0 Å². The summed E-state index contributed by atoms with van der Waals surface area (Å²) in [6.45, 7) is 7.01. The summed E-state index contributed by atoms with van der Waals surface area (Å²) < 4.78 is 28.6. The Bertz CT molecular complexity index is 500. The van der Waals surface area contributed by atoms with Gasteiger partial charge in [-0.25, -0.2) is 8.42 Å². The van der Waals surface area contributed by atoms with E-state index in [0.29, 0.717) is 0 Å². The van der Waals surface area contributed by atoms with E-state index in [0.717, 1.165) is 24.3 Å². The molecule has 1 atom stereocenters. The largest absolute Gasteiger partial charge is 0.492 e. The first-order valence-electron chi connectivity index (χ1n) is 7.15. The quantitative estimate of drug-likeness (QED) is 0.761. The number of nitrogens with one attached hydrogen (secondary N) is 1. The van der Waals surface area contributed by atoms with E-state index in [-0.39, 0.29) is 24.2 Å². The average Bonchev–Trinajstić information content (AvgIpc) is 2.45. The Labute approximate surface area is 122 Å². The van der Waals surface area contributed by atoms with E-state index in [1.54, 1.807) is 6.92 Å². The third-order valence-corrected chi connectivity index (χ3v) is 4.85. The minimum absolute atomic E-state index is 0.0641. The van der Waals surface area contributed by atoms with Crippen molar-refractivity contribution in [3.05, 3.63) is 29.8 Å². The predicted molar refractivity (Wildman–Crippen MR) is 83.0 cm³/mol. The van der Waals surface area contributed by atoms with Gasteiger partial charge in [-0.2, -0.15) is 0 Å². The Hall–Kier alpha value is -1.07. The molecule has 1 N–H and O–H groups in total. The van der Waals surface area contributed by atoms with E-state index in [1.807, 2.05) is 24.3 Å². The molecule has 4 nitrogen and oxygen atoms in total. The van der Waals surface area contributed by atoms with Gasteiger partial charge in [0.1, 0.15) is 12.4 Å². The molecule has 1 aromatic carbocycles. The average molecular weight is 299 g/mol. The van der Waals surface area contributed by atoms with Gasteiger partial charge in [0.15, 0.2) is 9.84 Å². The van der Waals surface area contributed by atoms with E-state index in [4.69, 9.17) is 4.74 Å². The number of sulfone groups is 1. The van der Waals surface area contributed by atoms with Crippen molar-refractivity contribution in [2.45, 2.75) is 33.2 Å². The monoisotopic (exact) mass is 299 g/mol. The lowest BCUT2D eigenvalue weighted by Gasteiger charge is -2.18. The molecule has 114 valence electrons. The maximum Gasteiger partial charge on any atom is 0.153 e. The number of benzene rings is 1. The third-order valence-electron chi connectivity index (χ3n) is 3.18. The predicted octanol–water partition coefficient (Wildman–Crippen LogP) is 2.56. The van der Waals surface area contributed by atoms with E-state index in [1.165, 1.54) is 0 Å². The van der Waals surface area contributed by atoms with Gasteiger partial charge >= 0.3 is 0 Å². The fourth-order valence-electron chi connectivity index (χ4n) is 1.86. The molecule has 0 spiro atoms. The van der Waals surface area contributed by atoms with Crippen LogP contribution in [0.4, 0.5) is 0 Å². The normalized spacial score (nSPS) is 13.2. The maximum atomic E-state index is 11.5. The second-order valence-corrected chi connectivity index (χ2v) is 7.27. The molecule has 1 aromatic rings. The number of hydrogen-bond donors (Lipinski definition) is 1. The first-order valence-corrected chi connectivity index (χ1v) is 8.97. The molecule has 0 bridgehead atoms. The molecular formula is C15H25NO3S. The van der Waals surface area contributed by atoms with Crippen LogP contribution in [0, 0.1) is 0 Å². The van der Waals surface area contributed by atoms with Crippen LogP contribution in [0.2, 0.25) is 0 Å². The zero-order chi connectivity index (χ0) is 15.0. The molecule has 0 radical (unpaired) electrons. The zero-order valence-electron chi connectivity index (χ0n) is 12.6. The molecule has 0 heterocycles. The van der Waals surface area contributed by atoms with Crippen LogP contribution in [0.3, 0.4) is 0 Å². The zero-order valence-corrected chi connectivity index (χ0v) is 13.4. The van der Waals surface area contributed by atoms with Crippen LogP contribution in [0.1, 0.15) is 38.8 Å². The smallest absolute Gasteiger partial charge is 0.153 e. The Morgan fingerprint density at radius 2 is 1.95 bits per heavy atom. The highest BCUT2D eigenvalue weighted by Gasteiger charge is 2.12. The van der Waals surface area contributed by atoms with Gasteiger partial charge in [0.2, 0.25) is 0 Å². The van der Waals surface area contributed by atoms with Crippen LogP contribution in [0.5, 0.6) is 5.75 Å². The van der Waals surface area contributed by atoms with E-state index in [2.05, 4.69) is 19.2 Å².